The first-order valence-electron chi connectivity index (χ1n) is 6.23. The Kier molecular flexibility index (Phi) is 3.54. The molecule has 0 bridgehead atoms. The SMILES string of the molecule is O=C(O)c1nnn(-c2ccc(Br)cc2)c1[C@@H]1CCCO1. The lowest BCUT2D eigenvalue weighted by molar-refractivity contribution is 0.0673. The van der Waals surface area contributed by atoms with Crippen molar-refractivity contribution < 1.29 is 14.6 Å². The Morgan fingerprint density at radius 2 is 2.15 bits per heavy atom. The summed E-state index contributed by atoms with van der Waals surface area (Å²) in [6, 6.07) is 7.44. The van der Waals surface area contributed by atoms with Crippen molar-refractivity contribution in [1.82, 2.24) is 15.0 Å². The maximum absolute atomic E-state index is 11.3. The van der Waals surface area contributed by atoms with Crippen molar-refractivity contribution in [2.75, 3.05) is 6.61 Å². The van der Waals surface area contributed by atoms with Gasteiger partial charge in [0, 0.05) is 11.1 Å². The van der Waals surface area contributed by atoms with Crippen LogP contribution in [0.25, 0.3) is 5.69 Å². The molecular formula is C13H12BrN3O3. The second-order valence-electron chi connectivity index (χ2n) is 4.52. The van der Waals surface area contributed by atoms with Crippen LogP contribution in [0.1, 0.15) is 35.1 Å². The van der Waals surface area contributed by atoms with E-state index in [-0.39, 0.29) is 11.8 Å². The van der Waals surface area contributed by atoms with Crippen molar-refractivity contribution in [3.05, 3.63) is 40.1 Å². The zero-order chi connectivity index (χ0) is 14.1. The molecule has 1 aliphatic heterocycles. The second kappa shape index (κ2) is 5.34. The van der Waals surface area contributed by atoms with Crippen molar-refractivity contribution in [3.63, 3.8) is 0 Å². The maximum atomic E-state index is 11.3. The average Bonchev–Trinajstić information content (AvgIpc) is 3.08. The van der Waals surface area contributed by atoms with Gasteiger partial charge in [-0.25, -0.2) is 9.48 Å². The lowest BCUT2D eigenvalue weighted by Gasteiger charge is -2.12. The van der Waals surface area contributed by atoms with E-state index in [2.05, 4.69) is 26.2 Å². The van der Waals surface area contributed by atoms with Gasteiger partial charge in [0.1, 0.15) is 11.8 Å². The van der Waals surface area contributed by atoms with Crippen LogP contribution in [0, 0.1) is 0 Å². The lowest BCUT2D eigenvalue weighted by Crippen LogP contribution is -2.11. The number of aromatic carboxylic acids is 1. The first-order valence-corrected chi connectivity index (χ1v) is 7.02. The third kappa shape index (κ3) is 2.34. The molecule has 1 fully saturated rings. The molecule has 104 valence electrons. The van der Waals surface area contributed by atoms with Crippen LogP contribution in [0.3, 0.4) is 0 Å². The zero-order valence-electron chi connectivity index (χ0n) is 10.5. The molecule has 0 spiro atoms. The molecular weight excluding hydrogens is 326 g/mol. The molecule has 0 radical (unpaired) electrons. The molecule has 0 saturated carbocycles. The molecule has 1 saturated heterocycles. The molecule has 6 nitrogen and oxygen atoms in total. The Labute approximate surface area is 123 Å². The number of hydrogen-bond donors (Lipinski definition) is 1. The molecule has 1 aromatic heterocycles. The van der Waals surface area contributed by atoms with Gasteiger partial charge in [-0.3, -0.25) is 0 Å². The first-order chi connectivity index (χ1) is 9.66. The quantitative estimate of drug-likeness (QED) is 0.931. The third-order valence-corrected chi connectivity index (χ3v) is 3.74. The summed E-state index contributed by atoms with van der Waals surface area (Å²) in [5, 5.41) is 17.0. The van der Waals surface area contributed by atoms with Crippen LogP contribution >= 0.6 is 15.9 Å². The van der Waals surface area contributed by atoms with E-state index in [0.29, 0.717) is 12.3 Å². The molecule has 2 aromatic rings. The van der Waals surface area contributed by atoms with Gasteiger partial charge >= 0.3 is 5.97 Å². The van der Waals surface area contributed by atoms with Crippen molar-refractivity contribution in [2.45, 2.75) is 18.9 Å². The Balaban J connectivity index is 2.10. The fourth-order valence-corrected chi connectivity index (χ4v) is 2.56. The van der Waals surface area contributed by atoms with E-state index in [0.717, 1.165) is 23.0 Å². The van der Waals surface area contributed by atoms with Gasteiger partial charge in [-0.2, -0.15) is 0 Å². The monoisotopic (exact) mass is 337 g/mol. The topological polar surface area (TPSA) is 77.2 Å². The number of nitrogens with zero attached hydrogens (tertiary/aromatic N) is 3. The highest BCUT2D eigenvalue weighted by Crippen LogP contribution is 2.31. The summed E-state index contributed by atoms with van der Waals surface area (Å²) in [4.78, 5) is 11.3. The summed E-state index contributed by atoms with van der Waals surface area (Å²) in [5.74, 6) is -1.08. The Morgan fingerprint density at radius 3 is 2.75 bits per heavy atom. The van der Waals surface area contributed by atoms with E-state index >= 15 is 0 Å². The molecule has 1 atom stereocenters. The van der Waals surface area contributed by atoms with Crippen LogP contribution in [0.15, 0.2) is 28.7 Å². The second-order valence-corrected chi connectivity index (χ2v) is 5.43. The molecule has 0 amide bonds. The van der Waals surface area contributed by atoms with Crippen LogP contribution < -0.4 is 0 Å². The Bertz CT molecular complexity index is 633. The lowest BCUT2D eigenvalue weighted by atomic mass is 10.1. The number of aromatic nitrogens is 3. The minimum atomic E-state index is -1.08. The minimum Gasteiger partial charge on any atom is -0.476 e. The standard InChI is InChI=1S/C13H12BrN3O3/c14-8-3-5-9(6-4-8)17-12(10-2-1-7-20-10)11(13(18)19)15-16-17/h3-6,10H,1-2,7H2,(H,18,19)/t10-/m0/s1. The number of carbonyl (C=O) groups is 1. The number of carboxylic acids is 1. The zero-order valence-corrected chi connectivity index (χ0v) is 12.1. The molecule has 20 heavy (non-hydrogen) atoms. The van der Waals surface area contributed by atoms with Crippen molar-refractivity contribution >= 4 is 21.9 Å². The molecule has 1 aliphatic rings. The predicted octanol–water partition coefficient (Wildman–Crippen LogP) is 2.58. The van der Waals surface area contributed by atoms with Gasteiger partial charge in [0.2, 0.25) is 0 Å². The molecule has 0 unspecified atom stereocenters. The van der Waals surface area contributed by atoms with Gasteiger partial charge < -0.3 is 9.84 Å². The van der Waals surface area contributed by atoms with E-state index in [9.17, 15) is 9.90 Å². The Morgan fingerprint density at radius 1 is 1.40 bits per heavy atom. The largest absolute Gasteiger partial charge is 0.476 e. The average molecular weight is 338 g/mol. The first kappa shape index (κ1) is 13.3. The minimum absolute atomic E-state index is 0.0418. The highest BCUT2D eigenvalue weighted by molar-refractivity contribution is 9.10. The van der Waals surface area contributed by atoms with Gasteiger partial charge in [0.25, 0.3) is 0 Å². The number of carboxylic acid groups (broad SMARTS) is 1. The summed E-state index contributed by atoms with van der Waals surface area (Å²) in [6.45, 7) is 0.634. The number of rotatable bonds is 3. The van der Waals surface area contributed by atoms with E-state index in [4.69, 9.17) is 4.74 Å². The fourth-order valence-electron chi connectivity index (χ4n) is 2.30. The number of hydrogen-bond acceptors (Lipinski definition) is 4. The third-order valence-electron chi connectivity index (χ3n) is 3.21. The number of benzene rings is 1. The molecule has 1 aromatic carbocycles. The van der Waals surface area contributed by atoms with Gasteiger partial charge in [-0.05, 0) is 37.1 Å². The van der Waals surface area contributed by atoms with Gasteiger partial charge in [-0.1, -0.05) is 21.1 Å². The summed E-state index contributed by atoms with van der Waals surface area (Å²) < 4.78 is 8.09. The Hall–Kier alpha value is -1.73. The van der Waals surface area contributed by atoms with Crippen LogP contribution in [-0.4, -0.2) is 32.7 Å². The number of halogens is 1. The van der Waals surface area contributed by atoms with Crippen molar-refractivity contribution in [1.29, 1.82) is 0 Å². The summed E-state index contributed by atoms with van der Waals surface area (Å²) in [5.41, 5.74) is 1.23. The van der Waals surface area contributed by atoms with Gasteiger partial charge in [0.05, 0.1) is 5.69 Å². The van der Waals surface area contributed by atoms with E-state index in [1.807, 2.05) is 24.3 Å². The van der Waals surface area contributed by atoms with Gasteiger partial charge in [-0.15, -0.1) is 5.10 Å². The molecule has 7 heteroatoms. The van der Waals surface area contributed by atoms with Crippen LogP contribution in [-0.2, 0) is 4.74 Å². The van der Waals surface area contributed by atoms with E-state index in [1.165, 1.54) is 0 Å². The number of ether oxygens (including phenoxy) is 1. The summed E-state index contributed by atoms with van der Waals surface area (Å²) in [7, 11) is 0. The molecule has 1 N–H and O–H groups in total. The highest BCUT2D eigenvalue weighted by atomic mass is 79.9. The van der Waals surface area contributed by atoms with E-state index in [1.54, 1.807) is 4.68 Å². The van der Waals surface area contributed by atoms with Crippen molar-refractivity contribution in [2.24, 2.45) is 0 Å². The van der Waals surface area contributed by atoms with Crippen LogP contribution in [0.4, 0.5) is 0 Å². The highest BCUT2D eigenvalue weighted by Gasteiger charge is 2.30. The fraction of sp³-hybridized carbons (Fsp3) is 0.308. The normalized spacial score (nSPS) is 18.4. The molecule has 3 rings (SSSR count). The van der Waals surface area contributed by atoms with Crippen LogP contribution in [0.2, 0.25) is 0 Å². The maximum Gasteiger partial charge on any atom is 0.358 e. The van der Waals surface area contributed by atoms with Gasteiger partial charge in [0.15, 0.2) is 5.69 Å². The predicted molar refractivity (Wildman–Crippen MR) is 73.9 cm³/mol. The molecule has 0 aliphatic carbocycles. The van der Waals surface area contributed by atoms with Crippen LogP contribution in [0.5, 0.6) is 0 Å². The van der Waals surface area contributed by atoms with E-state index < -0.39 is 5.97 Å². The summed E-state index contributed by atoms with van der Waals surface area (Å²) in [6.07, 6.45) is 1.43. The smallest absolute Gasteiger partial charge is 0.358 e. The molecule has 2 heterocycles. The van der Waals surface area contributed by atoms with Crippen molar-refractivity contribution in [3.8, 4) is 5.69 Å². The summed E-state index contributed by atoms with van der Waals surface area (Å²) >= 11 is 3.37.